The molecule has 1 saturated heterocycles. The molecule has 1 atom stereocenters. The van der Waals surface area contributed by atoms with Gasteiger partial charge >= 0.3 is 0 Å². The Balaban J connectivity index is 1.35. The quantitative estimate of drug-likeness (QED) is 0.619. The molecule has 2 aliphatic heterocycles. The molecular formula is C21H24ClN5O2S. The van der Waals surface area contributed by atoms with Crippen LogP contribution in [0.25, 0.3) is 4.91 Å². The molecule has 0 spiro atoms. The summed E-state index contributed by atoms with van der Waals surface area (Å²) in [6.45, 7) is 1.91. The van der Waals surface area contributed by atoms with Crippen molar-refractivity contribution in [2.45, 2.75) is 24.8 Å². The van der Waals surface area contributed by atoms with E-state index in [0.717, 1.165) is 48.1 Å². The first-order valence-corrected chi connectivity index (χ1v) is 11.2. The van der Waals surface area contributed by atoms with E-state index in [0.29, 0.717) is 18.2 Å². The lowest BCUT2D eigenvalue weighted by Gasteiger charge is -2.35. The largest absolute Gasteiger partial charge is 0.497 e. The summed E-state index contributed by atoms with van der Waals surface area (Å²) in [5.41, 5.74) is 1.09. The molecule has 9 heteroatoms. The topological polar surface area (TPSA) is 79.4 Å². The highest BCUT2D eigenvalue weighted by molar-refractivity contribution is 8.09. The minimum absolute atomic E-state index is 0.186. The molecule has 4 heterocycles. The molecule has 1 fully saturated rings. The standard InChI is InChI=1S/C21H24ClN5O2S/c1-29-15-5-8-23-20(12-15)26-19-4-2-3-16(25-19)17-13-24-21(30-17)27-9-6-14(7-10-27)11-18(22)28/h2-5,8,12-14,21,24H,6-7,9-11H2,1H3,(H,23,25,26). The van der Waals surface area contributed by atoms with E-state index in [1.165, 1.54) is 0 Å². The molecule has 0 aliphatic carbocycles. The number of likely N-dealkylation sites (tertiary alicyclic amines) is 1. The van der Waals surface area contributed by atoms with Crippen molar-refractivity contribution in [3.05, 3.63) is 48.4 Å². The average Bonchev–Trinajstić information content (AvgIpc) is 3.24. The summed E-state index contributed by atoms with van der Waals surface area (Å²) in [5.74, 6) is 2.55. The third-order valence-corrected chi connectivity index (χ3v) is 6.64. The predicted octanol–water partition coefficient (Wildman–Crippen LogP) is 4.01. The van der Waals surface area contributed by atoms with E-state index in [2.05, 4.69) is 20.5 Å². The number of rotatable bonds is 7. The van der Waals surface area contributed by atoms with Gasteiger partial charge in [0.2, 0.25) is 5.24 Å². The summed E-state index contributed by atoms with van der Waals surface area (Å²) in [5, 5.41) is 6.46. The molecule has 2 aliphatic rings. The second-order valence-electron chi connectivity index (χ2n) is 7.30. The number of halogens is 1. The normalized spacial score (nSPS) is 19.8. The van der Waals surface area contributed by atoms with E-state index in [4.69, 9.17) is 21.3 Å². The molecule has 2 aromatic rings. The lowest BCUT2D eigenvalue weighted by molar-refractivity contribution is -0.112. The Bertz CT molecular complexity index is 933. The Morgan fingerprint density at radius 1 is 1.33 bits per heavy atom. The number of pyridine rings is 2. The molecule has 0 aromatic carbocycles. The average molecular weight is 446 g/mol. The lowest BCUT2D eigenvalue weighted by Crippen LogP contribution is -2.44. The highest BCUT2D eigenvalue weighted by Gasteiger charge is 2.29. The summed E-state index contributed by atoms with van der Waals surface area (Å²) in [4.78, 5) is 23.7. The molecule has 4 rings (SSSR count). The van der Waals surface area contributed by atoms with Gasteiger partial charge in [0.05, 0.1) is 17.7 Å². The number of carbonyl (C=O) groups is 1. The highest BCUT2D eigenvalue weighted by Crippen LogP contribution is 2.37. The molecule has 7 nitrogen and oxygen atoms in total. The zero-order chi connectivity index (χ0) is 20.9. The van der Waals surface area contributed by atoms with Gasteiger partial charge in [-0.3, -0.25) is 9.69 Å². The van der Waals surface area contributed by atoms with E-state index < -0.39 is 0 Å². The van der Waals surface area contributed by atoms with Crippen molar-refractivity contribution in [2.24, 2.45) is 5.92 Å². The van der Waals surface area contributed by atoms with E-state index in [1.807, 2.05) is 30.5 Å². The number of piperidine rings is 1. The van der Waals surface area contributed by atoms with Crippen molar-refractivity contribution in [3.63, 3.8) is 0 Å². The van der Waals surface area contributed by atoms with Crippen LogP contribution in [0.1, 0.15) is 25.0 Å². The maximum absolute atomic E-state index is 11.1. The van der Waals surface area contributed by atoms with Crippen LogP contribution in [-0.2, 0) is 4.79 Å². The van der Waals surface area contributed by atoms with Crippen LogP contribution in [-0.4, -0.2) is 45.8 Å². The third-order valence-electron chi connectivity index (χ3n) is 5.25. The second kappa shape index (κ2) is 9.68. The van der Waals surface area contributed by atoms with Crippen LogP contribution in [0.2, 0.25) is 0 Å². The monoisotopic (exact) mass is 445 g/mol. The van der Waals surface area contributed by atoms with Gasteiger partial charge < -0.3 is 15.4 Å². The van der Waals surface area contributed by atoms with Crippen LogP contribution in [0.4, 0.5) is 11.6 Å². The fourth-order valence-electron chi connectivity index (χ4n) is 3.65. The number of methoxy groups -OCH3 is 1. The van der Waals surface area contributed by atoms with Gasteiger partial charge in [-0.2, -0.15) is 0 Å². The minimum Gasteiger partial charge on any atom is -0.497 e. The summed E-state index contributed by atoms with van der Waals surface area (Å²) < 4.78 is 5.24. The van der Waals surface area contributed by atoms with E-state index in [9.17, 15) is 4.79 Å². The number of hydrogen-bond acceptors (Lipinski definition) is 8. The SMILES string of the molecule is COc1ccnc(Nc2cccc(C3=CNC(N4CCC(CC(=O)Cl)CC4)S3)n2)c1. The summed E-state index contributed by atoms with van der Waals surface area (Å²) in [6, 6.07) is 9.53. The van der Waals surface area contributed by atoms with Gasteiger partial charge in [-0.15, -0.1) is 0 Å². The maximum Gasteiger partial charge on any atom is 0.221 e. The van der Waals surface area contributed by atoms with E-state index >= 15 is 0 Å². The minimum atomic E-state index is -0.227. The van der Waals surface area contributed by atoms with Crippen molar-refractivity contribution < 1.29 is 9.53 Å². The van der Waals surface area contributed by atoms with Gasteiger partial charge in [-0.1, -0.05) is 17.8 Å². The smallest absolute Gasteiger partial charge is 0.221 e. The van der Waals surface area contributed by atoms with Gasteiger partial charge in [0.1, 0.15) is 22.9 Å². The van der Waals surface area contributed by atoms with Crippen LogP contribution in [0.5, 0.6) is 5.75 Å². The highest BCUT2D eigenvalue weighted by atomic mass is 35.5. The Morgan fingerprint density at radius 2 is 2.17 bits per heavy atom. The second-order valence-corrected chi connectivity index (χ2v) is 8.84. The Labute approximate surface area is 185 Å². The van der Waals surface area contributed by atoms with Crippen molar-refractivity contribution in [2.75, 3.05) is 25.5 Å². The zero-order valence-electron chi connectivity index (χ0n) is 16.7. The Kier molecular flexibility index (Phi) is 6.76. The molecule has 0 bridgehead atoms. The molecule has 2 aromatic heterocycles. The number of ether oxygens (including phenoxy) is 1. The van der Waals surface area contributed by atoms with Gasteiger partial charge in [0.15, 0.2) is 0 Å². The molecule has 0 amide bonds. The number of anilines is 2. The first-order valence-electron chi connectivity index (χ1n) is 9.90. The van der Waals surface area contributed by atoms with Crippen molar-refractivity contribution in [3.8, 4) is 5.75 Å². The van der Waals surface area contributed by atoms with Crippen molar-refractivity contribution >= 4 is 45.1 Å². The lowest BCUT2D eigenvalue weighted by atomic mass is 9.94. The van der Waals surface area contributed by atoms with Crippen LogP contribution >= 0.6 is 23.4 Å². The Morgan fingerprint density at radius 3 is 2.93 bits per heavy atom. The summed E-state index contributed by atoms with van der Waals surface area (Å²) >= 11 is 7.30. The summed E-state index contributed by atoms with van der Waals surface area (Å²) in [7, 11) is 1.63. The number of nitrogens with zero attached hydrogens (tertiary/aromatic N) is 3. The van der Waals surface area contributed by atoms with Crippen molar-refractivity contribution in [1.29, 1.82) is 0 Å². The van der Waals surface area contributed by atoms with Gasteiger partial charge in [-0.05, 0) is 48.6 Å². The molecule has 30 heavy (non-hydrogen) atoms. The third kappa shape index (κ3) is 5.24. The fourth-order valence-corrected chi connectivity index (χ4v) is 4.97. The zero-order valence-corrected chi connectivity index (χ0v) is 18.2. The first kappa shape index (κ1) is 21.0. The van der Waals surface area contributed by atoms with Crippen LogP contribution in [0.3, 0.4) is 0 Å². The number of hydrogen-bond donors (Lipinski definition) is 2. The van der Waals surface area contributed by atoms with Gasteiger partial charge in [0, 0.05) is 38.0 Å². The maximum atomic E-state index is 11.1. The van der Waals surface area contributed by atoms with Crippen LogP contribution in [0.15, 0.2) is 42.7 Å². The number of aromatic nitrogens is 2. The molecule has 0 radical (unpaired) electrons. The first-order chi connectivity index (χ1) is 14.6. The van der Waals surface area contributed by atoms with Crippen molar-refractivity contribution in [1.82, 2.24) is 20.2 Å². The predicted molar refractivity (Wildman–Crippen MR) is 121 cm³/mol. The molecule has 158 valence electrons. The number of nitrogens with one attached hydrogen (secondary N) is 2. The van der Waals surface area contributed by atoms with Gasteiger partial charge in [-0.25, -0.2) is 9.97 Å². The number of carbonyl (C=O) groups excluding carboxylic acids is 1. The molecule has 1 unspecified atom stereocenters. The van der Waals surface area contributed by atoms with E-state index in [-0.39, 0.29) is 10.7 Å². The number of thioether (sulfide) groups is 1. The fraction of sp³-hybridized carbons (Fsp3) is 0.381. The Hall–Kier alpha value is -2.29. The molecular weight excluding hydrogens is 422 g/mol. The summed E-state index contributed by atoms with van der Waals surface area (Å²) in [6.07, 6.45) is 6.20. The van der Waals surface area contributed by atoms with Gasteiger partial charge in [0.25, 0.3) is 0 Å². The van der Waals surface area contributed by atoms with Crippen LogP contribution in [0, 0.1) is 5.92 Å². The van der Waals surface area contributed by atoms with E-state index in [1.54, 1.807) is 31.1 Å². The van der Waals surface area contributed by atoms with Crippen LogP contribution < -0.4 is 15.4 Å². The molecule has 0 saturated carbocycles. The molecule has 2 N–H and O–H groups in total.